The summed E-state index contributed by atoms with van der Waals surface area (Å²) in [5.41, 5.74) is 3.10. The van der Waals surface area contributed by atoms with Crippen molar-refractivity contribution in [1.82, 2.24) is 9.88 Å². The molecule has 0 aliphatic carbocycles. The van der Waals surface area contributed by atoms with E-state index in [4.69, 9.17) is 4.98 Å². The highest BCUT2D eigenvalue weighted by molar-refractivity contribution is 7.21. The van der Waals surface area contributed by atoms with Crippen molar-refractivity contribution in [3.8, 4) is 10.6 Å². The van der Waals surface area contributed by atoms with Gasteiger partial charge in [0.2, 0.25) is 5.91 Å². The number of benzene rings is 2. The number of nitrogens with one attached hydrogen (secondary N) is 1. The number of carbonyl (C=O) groups excluding carboxylic acids is 1. The molecule has 1 aliphatic heterocycles. The van der Waals surface area contributed by atoms with Crippen molar-refractivity contribution >= 4 is 33.1 Å². The summed E-state index contributed by atoms with van der Waals surface area (Å²) in [4.78, 5) is 19.0. The summed E-state index contributed by atoms with van der Waals surface area (Å²) in [7, 11) is 0. The Labute approximate surface area is 151 Å². The number of thiazole rings is 1. The van der Waals surface area contributed by atoms with Crippen LogP contribution in [-0.4, -0.2) is 34.9 Å². The van der Waals surface area contributed by atoms with Gasteiger partial charge in [0.25, 0.3) is 0 Å². The molecule has 128 valence electrons. The maximum atomic E-state index is 12.4. The minimum atomic E-state index is -0.202. The molecule has 25 heavy (non-hydrogen) atoms. The first-order valence-corrected chi connectivity index (χ1v) is 9.54. The first-order valence-electron chi connectivity index (χ1n) is 8.72. The molecule has 1 aromatic heterocycles. The van der Waals surface area contributed by atoms with E-state index in [-0.39, 0.29) is 11.9 Å². The van der Waals surface area contributed by atoms with Gasteiger partial charge in [0, 0.05) is 24.3 Å². The third-order valence-electron chi connectivity index (χ3n) is 4.60. The predicted molar refractivity (Wildman–Crippen MR) is 104 cm³/mol. The fraction of sp³-hybridized carbons (Fsp3) is 0.300. The molecule has 1 saturated heterocycles. The monoisotopic (exact) mass is 351 g/mol. The summed E-state index contributed by atoms with van der Waals surface area (Å²) in [6.07, 6.45) is 2.24. The molecule has 0 radical (unpaired) electrons. The number of likely N-dealkylation sites (tertiary alicyclic amines) is 1. The van der Waals surface area contributed by atoms with E-state index >= 15 is 0 Å². The molecule has 0 spiro atoms. The van der Waals surface area contributed by atoms with Gasteiger partial charge in [-0.15, -0.1) is 11.3 Å². The van der Waals surface area contributed by atoms with Crippen LogP contribution in [0.2, 0.25) is 0 Å². The van der Waals surface area contributed by atoms with E-state index in [9.17, 15) is 4.79 Å². The molecule has 2 aromatic carbocycles. The fourth-order valence-electron chi connectivity index (χ4n) is 3.23. The van der Waals surface area contributed by atoms with Crippen LogP contribution in [0.5, 0.6) is 0 Å². The Morgan fingerprint density at radius 3 is 2.56 bits per heavy atom. The van der Waals surface area contributed by atoms with Gasteiger partial charge in [-0.2, -0.15) is 0 Å². The van der Waals surface area contributed by atoms with Crippen molar-refractivity contribution in [2.45, 2.75) is 25.8 Å². The minimum absolute atomic E-state index is 0.188. The normalized spacial score (nSPS) is 15.5. The van der Waals surface area contributed by atoms with Gasteiger partial charge >= 0.3 is 0 Å². The number of aromatic nitrogens is 1. The van der Waals surface area contributed by atoms with Gasteiger partial charge in [-0.25, -0.2) is 4.98 Å². The third kappa shape index (κ3) is 3.37. The van der Waals surface area contributed by atoms with Gasteiger partial charge < -0.3 is 10.2 Å². The molecular weight excluding hydrogens is 330 g/mol. The number of carbonyl (C=O) groups is 1. The number of nitrogens with zero attached hydrogens (tertiary/aromatic N) is 2. The Balaban J connectivity index is 1.47. The number of para-hydroxylation sites is 1. The van der Waals surface area contributed by atoms with E-state index in [1.54, 1.807) is 11.3 Å². The van der Waals surface area contributed by atoms with E-state index in [1.807, 2.05) is 42.2 Å². The smallest absolute Gasteiger partial charge is 0.244 e. The molecule has 4 nitrogen and oxygen atoms in total. The predicted octanol–water partition coefficient (Wildman–Crippen LogP) is 4.39. The molecule has 1 fully saturated rings. The molecule has 1 N–H and O–H groups in total. The highest BCUT2D eigenvalue weighted by Crippen LogP contribution is 2.30. The summed E-state index contributed by atoms with van der Waals surface area (Å²) in [5, 5.41) is 4.34. The highest BCUT2D eigenvalue weighted by Gasteiger charge is 2.22. The van der Waals surface area contributed by atoms with Crippen LogP contribution in [0.3, 0.4) is 0 Å². The molecule has 5 heteroatoms. The average Bonchev–Trinajstić information content (AvgIpc) is 3.31. The average molecular weight is 351 g/mol. The standard InChI is InChI=1S/C20H21N3OS/c1-14(20(24)23-12-4-5-13-23)21-16-10-8-15(9-11-16)19-22-17-6-2-3-7-18(17)25-19/h2-3,6-11,14,21H,4-5,12-13H2,1H3/t14-/m1/s1. The minimum Gasteiger partial charge on any atom is -0.374 e. The van der Waals surface area contributed by atoms with Gasteiger partial charge in [0.15, 0.2) is 0 Å². The molecule has 1 amide bonds. The lowest BCUT2D eigenvalue weighted by molar-refractivity contribution is -0.130. The lowest BCUT2D eigenvalue weighted by Crippen LogP contribution is -2.39. The molecule has 3 aromatic rings. The van der Waals surface area contributed by atoms with Crippen LogP contribution in [0.25, 0.3) is 20.8 Å². The van der Waals surface area contributed by atoms with E-state index in [1.165, 1.54) is 4.70 Å². The maximum Gasteiger partial charge on any atom is 0.244 e. The SMILES string of the molecule is C[C@@H](Nc1ccc(-c2nc3ccccc3s2)cc1)C(=O)N1CCCC1. The Morgan fingerprint density at radius 1 is 1.12 bits per heavy atom. The topological polar surface area (TPSA) is 45.2 Å². The van der Waals surface area contributed by atoms with Crippen LogP contribution in [0, 0.1) is 0 Å². The summed E-state index contributed by atoms with van der Waals surface area (Å²) in [6.45, 7) is 3.71. The van der Waals surface area contributed by atoms with E-state index in [0.717, 1.165) is 47.7 Å². The van der Waals surface area contributed by atoms with Crippen LogP contribution >= 0.6 is 11.3 Å². The lowest BCUT2D eigenvalue weighted by atomic mass is 10.2. The first kappa shape index (κ1) is 16.1. The Bertz CT molecular complexity index is 848. The Morgan fingerprint density at radius 2 is 1.84 bits per heavy atom. The number of hydrogen-bond donors (Lipinski definition) is 1. The van der Waals surface area contributed by atoms with Gasteiger partial charge in [-0.3, -0.25) is 4.79 Å². The zero-order valence-electron chi connectivity index (χ0n) is 14.2. The molecule has 0 saturated carbocycles. The largest absolute Gasteiger partial charge is 0.374 e. The Hall–Kier alpha value is -2.40. The van der Waals surface area contributed by atoms with Crippen LogP contribution in [0.4, 0.5) is 5.69 Å². The van der Waals surface area contributed by atoms with E-state index in [0.29, 0.717) is 0 Å². The number of amides is 1. The van der Waals surface area contributed by atoms with Gasteiger partial charge in [0.1, 0.15) is 11.0 Å². The van der Waals surface area contributed by atoms with Gasteiger partial charge in [0.05, 0.1) is 10.2 Å². The number of fused-ring (bicyclic) bond motifs is 1. The number of anilines is 1. The van der Waals surface area contributed by atoms with Crippen LogP contribution in [-0.2, 0) is 4.79 Å². The van der Waals surface area contributed by atoms with Crippen molar-refractivity contribution < 1.29 is 4.79 Å². The fourth-order valence-corrected chi connectivity index (χ4v) is 4.20. The molecule has 1 aliphatic rings. The van der Waals surface area contributed by atoms with Crippen LogP contribution in [0.1, 0.15) is 19.8 Å². The second kappa shape index (κ2) is 6.84. The van der Waals surface area contributed by atoms with E-state index < -0.39 is 0 Å². The molecule has 0 unspecified atom stereocenters. The van der Waals surface area contributed by atoms with Crippen LogP contribution in [0.15, 0.2) is 48.5 Å². The van der Waals surface area contributed by atoms with Crippen LogP contribution < -0.4 is 5.32 Å². The maximum absolute atomic E-state index is 12.4. The second-order valence-corrected chi connectivity index (χ2v) is 7.49. The highest BCUT2D eigenvalue weighted by atomic mass is 32.1. The quantitative estimate of drug-likeness (QED) is 0.758. The summed E-state index contributed by atoms with van der Waals surface area (Å²) in [5.74, 6) is 0.188. The molecule has 4 rings (SSSR count). The van der Waals surface area contributed by atoms with Crippen molar-refractivity contribution in [3.63, 3.8) is 0 Å². The van der Waals surface area contributed by atoms with E-state index in [2.05, 4.69) is 23.5 Å². The number of rotatable bonds is 4. The Kier molecular flexibility index (Phi) is 4.40. The third-order valence-corrected chi connectivity index (χ3v) is 5.68. The zero-order valence-corrected chi connectivity index (χ0v) is 15.1. The lowest BCUT2D eigenvalue weighted by Gasteiger charge is -2.21. The van der Waals surface area contributed by atoms with Crippen molar-refractivity contribution in [2.75, 3.05) is 18.4 Å². The van der Waals surface area contributed by atoms with Gasteiger partial charge in [-0.1, -0.05) is 12.1 Å². The first-order chi connectivity index (χ1) is 12.2. The molecule has 1 atom stereocenters. The zero-order chi connectivity index (χ0) is 17.2. The second-order valence-electron chi connectivity index (χ2n) is 6.46. The van der Waals surface area contributed by atoms with Crippen molar-refractivity contribution in [1.29, 1.82) is 0 Å². The van der Waals surface area contributed by atoms with Crippen molar-refractivity contribution in [2.24, 2.45) is 0 Å². The van der Waals surface area contributed by atoms with Crippen molar-refractivity contribution in [3.05, 3.63) is 48.5 Å². The summed E-state index contributed by atoms with van der Waals surface area (Å²) in [6, 6.07) is 16.2. The summed E-state index contributed by atoms with van der Waals surface area (Å²) < 4.78 is 1.20. The summed E-state index contributed by atoms with van der Waals surface area (Å²) >= 11 is 1.70. The molecule has 0 bridgehead atoms. The molecule has 2 heterocycles. The number of hydrogen-bond acceptors (Lipinski definition) is 4. The molecular formula is C20H21N3OS. The van der Waals surface area contributed by atoms with Gasteiger partial charge in [-0.05, 0) is 56.2 Å².